The van der Waals surface area contributed by atoms with Crippen molar-refractivity contribution >= 4 is 19.1 Å². The summed E-state index contributed by atoms with van der Waals surface area (Å²) in [5.41, 5.74) is 0.869. The molecule has 0 heterocycles. The van der Waals surface area contributed by atoms with Gasteiger partial charge in [-0.2, -0.15) is 0 Å². The summed E-state index contributed by atoms with van der Waals surface area (Å²) < 4.78 is 6.19. The van der Waals surface area contributed by atoms with Crippen LogP contribution < -0.4 is 0 Å². The molecule has 2 aromatic rings. The second-order valence-corrected chi connectivity index (χ2v) is 11.7. The van der Waals surface area contributed by atoms with Gasteiger partial charge >= 0.3 is 0 Å². The number of phenolic OH excluding ortho intramolecular Hbond substituents is 1. The van der Waals surface area contributed by atoms with E-state index < -0.39 is 8.32 Å². The van der Waals surface area contributed by atoms with Crippen molar-refractivity contribution in [1.82, 2.24) is 0 Å². The lowest BCUT2D eigenvalue weighted by molar-refractivity contribution is 0.271. The van der Waals surface area contributed by atoms with Crippen molar-refractivity contribution in [3.05, 3.63) is 42.0 Å². The van der Waals surface area contributed by atoms with Gasteiger partial charge in [-0.1, -0.05) is 45.0 Å². The molecule has 0 atom stereocenters. The number of aromatic hydroxyl groups is 1. The quantitative estimate of drug-likeness (QED) is 0.799. The number of hydrogen-bond acceptors (Lipinski definition) is 2. The van der Waals surface area contributed by atoms with Gasteiger partial charge in [-0.05, 0) is 41.0 Å². The molecular formula is C17H24O2Si. The van der Waals surface area contributed by atoms with E-state index in [4.69, 9.17) is 4.43 Å². The standard InChI is InChI=1S/C17H24O2Si/c1-17(2,3)20(4,5)19-12-15-10-13-8-6-7-9-14(13)11-16(15)18/h6-11,18H,12H2,1-5H3. The molecule has 20 heavy (non-hydrogen) atoms. The number of fused-ring (bicyclic) bond motifs is 1. The second-order valence-electron chi connectivity index (χ2n) is 6.88. The molecular weight excluding hydrogens is 264 g/mol. The van der Waals surface area contributed by atoms with Gasteiger partial charge < -0.3 is 9.53 Å². The molecule has 2 aromatic carbocycles. The van der Waals surface area contributed by atoms with Crippen LogP contribution in [0.1, 0.15) is 26.3 Å². The second kappa shape index (κ2) is 5.22. The highest BCUT2D eigenvalue weighted by Crippen LogP contribution is 2.37. The number of rotatable bonds is 3. The van der Waals surface area contributed by atoms with Crippen LogP contribution in [-0.2, 0) is 11.0 Å². The predicted octanol–water partition coefficient (Wildman–Crippen LogP) is 5.07. The fourth-order valence-electron chi connectivity index (χ4n) is 1.87. The van der Waals surface area contributed by atoms with Crippen molar-refractivity contribution < 1.29 is 9.53 Å². The van der Waals surface area contributed by atoms with Crippen molar-refractivity contribution in [1.29, 1.82) is 0 Å². The van der Waals surface area contributed by atoms with Crippen LogP contribution in [0.15, 0.2) is 36.4 Å². The largest absolute Gasteiger partial charge is 0.508 e. The minimum atomic E-state index is -1.79. The Kier molecular flexibility index (Phi) is 3.94. The van der Waals surface area contributed by atoms with Gasteiger partial charge in [-0.15, -0.1) is 0 Å². The first-order chi connectivity index (χ1) is 9.21. The SMILES string of the molecule is CC(C)(C)[Si](C)(C)OCc1cc2ccccc2cc1O. The van der Waals surface area contributed by atoms with E-state index in [0.29, 0.717) is 12.4 Å². The highest BCUT2D eigenvalue weighted by atomic mass is 28.4. The van der Waals surface area contributed by atoms with E-state index in [0.717, 1.165) is 16.3 Å². The monoisotopic (exact) mass is 288 g/mol. The van der Waals surface area contributed by atoms with E-state index in [1.54, 1.807) is 0 Å². The summed E-state index contributed by atoms with van der Waals surface area (Å²) in [7, 11) is -1.79. The van der Waals surface area contributed by atoms with Gasteiger partial charge in [0.05, 0.1) is 6.61 Å². The molecule has 1 N–H and O–H groups in total. The molecule has 3 heteroatoms. The summed E-state index contributed by atoms with van der Waals surface area (Å²) >= 11 is 0. The summed E-state index contributed by atoms with van der Waals surface area (Å²) in [5, 5.41) is 12.5. The van der Waals surface area contributed by atoms with Gasteiger partial charge in [0.1, 0.15) is 5.75 Å². The molecule has 0 amide bonds. The first-order valence-corrected chi connectivity index (χ1v) is 9.96. The zero-order valence-corrected chi connectivity index (χ0v) is 14.0. The van der Waals surface area contributed by atoms with Crippen LogP contribution in [0.4, 0.5) is 0 Å². The van der Waals surface area contributed by atoms with Crippen molar-refractivity contribution in [2.24, 2.45) is 0 Å². The molecule has 0 saturated heterocycles. The van der Waals surface area contributed by atoms with Crippen LogP contribution >= 0.6 is 0 Å². The van der Waals surface area contributed by atoms with Crippen LogP contribution in [0, 0.1) is 0 Å². The molecule has 0 fully saturated rings. The average molecular weight is 288 g/mol. The molecule has 0 aliphatic heterocycles. The van der Waals surface area contributed by atoms with Crippen molar-refractivity contribution in [2.75, 3.05) is 0 Å². The van der Waals surface area contributed by atoms with E-state index in [2.05, 4.69) is 39.9 Å². The van der Waals surface area contributed by atoms with Gasteiger partial charge in [0.25, 0.3) is 0 Å². The molecule has 0 aromatic heterocycles. The van der Waals surface area contributed by atoms with Gasteiger partial charge in [0.2, 0.25) is 0 Å². The molecule has 0 aliphatic carbocycles. The molecule has 0 saturated carbocycles. The summed E-state index contributed by atoms with van der Waals surface area (Å²) in [5.74, 6) is 0.322. The maximum Gasteiger partial charge on any atom is 0.192 e. The Labute approximate surface area is 122 Å². The summed E-state index contributed by atoms with van der Waals surface area (Å²) in [6.45, 7) is 11.6. The number of hydrogen-bond donors (Lipinski definition) is 1. The first kappa shape index (κ1) is 15.1. The van der Waals surface area contributed by atoms with Crippen LogP contribution in [0.25, 0.3) is 10.8 Å². The van der Waals surface area contributed by atoms with Gasteiger partial charge in [0.15, 0.2) is 8.32 Å². The van der Waals surface area contributed by atoms with Crippen molar-refractivity contribution in [2.45, 2.75) is 45.5 Å². The average Bonchev–Trinajstić information content (AvgIpc) is 2.35. The van der Waals surface area contributed by atoms with Gasteiger partial charge in [-0.3, -0.25) is 0 Å². The molecule has 0 spiro atoms. The topological polar surface area (TPSA) is 29.5 Å². The highest BCUT2D eigenvalue weighted by Gasteiger charge is 2.37. The summed E-state index contributed by atoms with van der Waals surface area (Å²) in [6, 6.07) is 11.9. The fraction of sp³-hybridized carbons (Fsp3) is 0.412. The van der Waals surface area contributed by atoms with E-state index >= 15 is 0 Å². The number of benzene rings is 2. The fourth-order valence-corrected chi connectivity index (χ4v) is 2.82. The molecule has 0 unspecified atom stereocenters. The van der Waals surface area contributed by atoms with Crippen molar-refractivity contribution in [3.8, 4) is 5.75 Å². The minimum Gasteiger partial charge on any atom is -0.508 e. The van der Waals surface area contributed by atoms with E-state index in [-0.39, 0.29) is 5.04 Å². The zero-order chi connectivity index (χ0) is 15.0. The molecule has 2 nitrogen and oxygen atoms in total. The van der Waals surface area contributed by atoms with Gasteiger partial charge in [-0.25, -0.2) is 0 Å². The Morgan fingerprint density at radius 3 is 2.15 bits per heavy atom. The minimum absolute atomic E-state index is 0.180. The van der Waals surface area contributed by atoms with E-state index in [9.17, 15) is 5.11 Å². The molecule has 2 rings (SSSR count). The van der Waals surface area contributed by atoms with Crippen LogP contribution in [0.5, 0.6) is 5.75 Å². The Morgan fingerprint density at radius 2 is 1.60 bits per heavy atom. The van der Waals surface area contributed by atoms with Crippen LogP contribution in [-0.4, -0.2) is 13.4 Å². The van der Waals surface area contributed by atoms with Crippen LogP contribution in [0.2, 0.25) is 18.1 Å². The molecule has 0 bridgehead atoms. The lowest BCUT2D eigenvalue weighted by Crippen LogP contribution is -2.40. The predicted molar refractivity (Wildman–Crippen MR) is 87.6 cm³/mol. The smallest absolute Gasteiger partial charge is 0.192 e. The van der Waals surface area contributed by atoms with Crippen molar-refractivity contribution in [3.63, 3.8) is 0 Å². The lowest BCUT2D eigenvalue weighted by atomic mass is 10.1. The Bertz CT molecular complexity index is 612. The maximum absolute atomic E-state index is 10.1. The Hall–Kier alpha value is -1.32. The molecule has 0 radical (unpaired) electrons. The highest BCUT2D eigenvalue weighted by molar-refractivity contribution is 6.74. The Morgan fingerprint density at radius 1 is 1.05 bits per heavy atom. The Balaban J connectivity index is 2.24. The third-order valence-electron chi connectivity index (χ3n) is 4.34. The maximum atomic E-state index is 10.1. The first-order valence-electron chi connectivity index (χ1n) is 7.05. The molecule has 108 valence electrons. The third-order valence-corrected chi connectivity index (χ3v) is 8.82. The van der Waals surface area contributed by atoms with E-state index in [1.165, 1.54) is 0 Å². The van der Waals surface area contributed by atoms with E-state index in [1.807, 2.05) is 30.3 Å². The zero-order valence-electron chi connectivity index (χ0n) is 13.0. The summed E-state index contributed by atoms with van der Waals surface area (Å²) in [6.07, 6.45) is 0. The third kappa shape index (κ3) is 3.05. The van der Waals surface area contributed by atoms with Crippen LogP contribution in [0.3, 0.4) is 0 Å². The van der Waals surface area contributed by atoms with Gasteiger partial charge in [0, 0.05) is 5.56 Å². The lowest BCUT2D eigenvalue weighted by Gasteiger charge is -2.36. The summed E-state index contributed by atoms with van der Waals surface area (Å²) in [4.78, 5) is 0. The molecule has 0 aliphatic rings. The normalized spacial score (nSPS) is 12.8. The number of phenols is 1.